The first-order valence-corrected chi connectivity index (χ1v) is 8.19. The summed E-state index contributed by atoms with van der Waals surface area (Å²) in [6.07, 6.45) is 7.84. The lowest BCUT2D eigenvalue weighted by atomic mass is 9.99. The highest BCUT2D eigenvalue weighted by atomic mass is 16.5. The Morgan fingerprint density at radius 1 is 1.32 bits per heavy atom. The molecule has 2 aliphatic rings. The van der Waals surface area contributed by atoms with E-state index in [1.165, 1.54) is 0 Å². The van der Waals surface area contributed by atoms with Gasteiger partial charge < -0.3 is 15.0 Å². The first kappa shape index (κ1) is 15.2. The first-order valence-electron chi connectivity index (χ1n) is 8.19. The van der Waals surface area contributed by atoms with Gasteiger partial charge in [-0.25, -0.2) is 9.97 Å². The molecule has 1 N–H and O–H groups in total. The summed E-state index contributed by atoms with van der Waals surface area (Å²) in [6, 6.07) is 0. The minimum Gasteiger partial charge on any atom is -0.376 e. The smallest absolute Gasteiger partial charge is 0.256 e. The molecule has 0 bridgehead atoms. The maximum absolute atomic E-state index is 12.4. The number of hydrogen-bond acceptors (Lipinski definition) is 5. The first-order chi connectivity index (χ1) is 10.7. The normalized spacial score (nSPS) is 22.8. The fourth-order valence-electron chi connectivity index (χ4n) is 2.93. The van der Waals surface area contributed by atoms with E-state index in [-0.39, 0.29) is 12.0 Å². The van der Waals surface area contributed by atoms with Crippen LogP contribution in [0.25, 0.3) is 0 Å². The zero-order valence-electron chi connectivity index (χ0n) is 13.1. The highest BCUT2D eigenvalue weighted by molar-refractivity contribution is 5.93. The SMILES string of the molecule is CC1CCN(C(=O)c2cnc(NCC3CCCO3)nc2)CC1. The van der Waals surface area contributed by atoms with Gasteiger partial charge in [-0.15, -0.1) is 0 Å². The molecule has 1 aromatic heterocycles. The second-order valence-corrected chi connectivity index (χ2v) is 6.29. The highest BCUT2D eigenvalue weighted by Crippen LogP contribution is 2.18. The molecule has 3 rings (SSSR count). The molecule has 1 unspecified atom stereocenters. The van der Waals surface area contributed by atoms with Gasteiger partial charge in [-0.3, -0.25) is 4.79 Å². The van der Waals surface area contributed by atoms with Gasteiger partial charge in [-0.1, -0.05) is 6.92 Å². The molecule has 0 spiro atoms. The second kappa shape index (κ2) is 7.05. The van der Waals surface area contributed by atoms with E-state index in [0.717, 1.165) is 51.9 Å². The molecule has 1 amide bonds. The molecular weight excluding hydrogens is 280 g/mol. The van der Waals surface area contributed by atoms with Crippen molar-refractivity contribution in [3.8, 4) is 0 Å². The quantitative estimate of drug-likeness (QED) is 0.921. The molecule has 6 heteroatoms. The van der Waals surface area contributed by atoms with Gasteiger partial charge in [0, 0.05) is 38.6 Å². The van der Waals surface area contributed by atoms with E-state index >= 15 is 0 Å². The Bertz CT molecular complexity index is 491. The minimum absolute atomic E-state index is 0.0394. The Morgan fingerprint density at radius 3 is 2.68 bits per heavy atom. The average molecular weight is 304 g/mol. The van der Waals surface area contributed by atoms with Crippen molar-refractivity contribution in [2.24, 2.45) is 5.92 Å². The highest BCUT2D eigenvalue weighted by Gasteiger charge is 2.22. The fraction of sp³-hybridized carbons (Fsp3) is 0.688. The average Bonchev–Trinajstić information content (AvgIpc) is 3.07. The second-order valence-electron chi connectivity index (χ2n) is 6.29. The summed E-state index contributed by atoms with van der Waals surface area (Å²) in [5.41, 5.74) is 0.567. The Hall–Kier alpha value is -1.69. The number of nitrogens with one attached hydrogen (secondary N) is 1. The monoisotopic (exact) mass is 304 g/mol. The predicted octanol–water partition coefficient (Wildman–Crippen LogP) is 1.94. The van der Waals surface area contributed by atoms with Gasteiger partial charge >= 0.3 is 0 Å². The molecule has 0 aromatic carbocycles. The van der Waals surface area contributed by atoms with Crippen LogP contribution in [0.2, 0.25) is 0 Å². The third-order valence-electron chi connectivity index (χ3n) is 4.48. The molecule has 2 saturated heterocycles. The molecule has 0 aliphatic carbocycles. The van der Waals surface area contributed by atoms with Gasteiger partial charge in [0.25, 0.3) is 5.91 Å². The topological polar surface area (TPSA) is 67.4 Å². The van der Waals surface area contributed by atoms with E-state index in [9.17, 15) is 4.79 Å². The van der Waals surface area contributed by atoms with Crippen molar-refractivity contribution in [2.75, 3.05) is 31.6 Å². The summed E-state index contributed by atoms with van der Waals surface area (Å²) in [6.45, 7) is 5.46. The van der Waals surface area contributed by atoms with Crippen LogP contribution in [0.5, 0.6) is 0 Å². The lowest BCUT2D eigenvalue weighted by Gasteiger charge is -2.30. The molecule has 2 aliphatic heterocycles. The lowest BCUT2D eigenvalue weighted by Crippen LogP contribution is -2.38. The van der Waals surface area contributed by atoms with Crippen molar-refractivity contribution < 1.29 is 9.53 Å². The number of nitrogens with zero attached hydrogens (tertiary/aromatic N) is 3. The number of carbonyl (C=O) groups is 1. The molecule has 120 valence electrons. The van der Waals surface area contributed by atoms with Gasteiger partial charge in [0.05, 0.1) is 11.7 Å². The summed E-state index contributed by atoms with van der Waals surface area (Å²) in [7, 11) is 0. The van der Waals surface area contributed by atoms with Crippen LogP contribution in [0.1, 0.15) is 43.0 Å². The van der Waals surface area contributed by atoms with Crippen LogP contribution in [0, 0.1) is 5.92 Å². The van der Waals surface area contributed by atoms with Gasteiger partial charge in [-0.2, -0.15) is 0 Å². The number of carbonyl (C=O) groups excluding carboxylic acids is 1. The molecule has 0 radical (unpaired) electrons. The number of likely N-dealkylation sites (tertiary alicyclic amines) is 1. The Kier molecular flexibility index (Phi) is 4.87. The minimum atomic E-state index is 0.0394. The van der Waals surface area contributed by atoms with Gasteiger partial charge in [0.15, 0.2) is 0 Å². The van der Waals surface area contributed by atoms with Crippen molar-refractivity contribution in [3.63, 3.8) is 0 Å². The predicted molar refractivity (Wildman–Crippen MR) is 83.8 cm³/mol. The van der Waals surface area contributed by atoms with Crippen LogP contribution < -0.4 is 5.32 Å². The molecule has 1 aromatic rings. The third kappa shape index (κ3) is 3.74. The van der Waals surface area contributed by atoms with Crippen molar-refractivity contribution in [1.82, 2.24) is 14.9 Å². The van der Waals surface area contributed by atoms with E-state index in [0.29, 0.717) is 17.4 Å². The van der Waals surface area contributed by atoms with E-state index in [2.05, 4.69) is 22.2 Å². The molecule has 1 atom stereocenters. The number of amides is 1. The molecule has 0 saturated carbocycles. The maximum atomic E-state index is 12.4. The zero-order chi connectivity index (χ0) is 15.4. The van der Waals surface area contributed by atoms with E-state index < -0.39 is 0 Å². The molecule has 6 nitrogen and oxygen atoms in total. The summed E-state index contributed by atoms with van der Waals surface area (Å²) < 4.78 is 5.55. The van der Waals surface area contributed by atoms with Gasteiger partial charge in [0.1, 0.15) is 0 Å². The summed E-state index contributed by atoms with van der Waals surface area (Å²) in [5.74, 6) is 1.31. The third-order valence-corrected chi connectivity index (χ3v) is 4.48. The van der Waals surface area contributed by atoms with E-state index in [1.807, 2.05) is 4.90 Å². The Morgan fingerprint density at radius 2 is 2.05 bits per heavy atom. The summed E-state index contributed by atoms with van der Waals surface area (Å²) >= 11 is 0. The summed E-state index contributed by atoms with van der Waals surface area (Å²) in [4.78, 5) is 22.8. The number of ether oxygens (including phenoxy) is 1. The number of hydrogen-bond donors (Lipinski definition) is 1. The number of anilines is 1. The van der Waals surface area contributed by atoms with Crippen molar-refractivity contribution in [1.29, 1.82) is 0 Å². The van der Waals surface area contributed by atoms with E-state index in [1.54, 1.807) is 12.4 Å². The van der Waals surface area contributed by atoms with Crippen LogP contribution in [0.15, 0.2) is 12.4 Å². The fourth-order valence-corrected chi connectivity index (χ4v) is 2.93. The standard InChI is InChI=1S/C16H24N4O2/c1-12-4-6-20(7-5-12)15(21)13-9-17-16(18-10-13)19-11-14-3-2-8-22-14/h9-10,12,14H,2-8,11H2,1H3,(H,17,18,19). The van der Waals surface area contributed by atoms with Crippen LogP contribution in [-0.4, -0.2) is 53.1 Å². The van der Waals surface area contributed by atoms with Crippen LogP contribution in [0.3, 0.4) is 0 Å². The Balaban J connectivity index is 1.53. The van der Waals surface area contributed by atoms with E-state index in [4.69, 9.17) is 4.74 Å². The van der Waals surface area contributed by atoms with Crippen molar-refractivity contribution in [2.45, 2.75) is 38.7 Å². The van der Waals surface area contributed by atoms with Crippen molar-refractivity contribution >= 4 is 11.9 Å². The zero-order valence-corrected chi connectivity index (χ0v) is 13.1. The van der Waals surface area contributed by atoms with Crippen LogP contribution in [-0.2, 0) is 4.74 Å². The van der Waals surface area contributed by atoms with Gasteiger partial charge in [-0.05, 0) is 31.6 Å². The molecular formula is C16H24N4O2. The largest absolute Gasteiger partial charge is 0.376 e. The maximum Gasteiger partial charge on any atom is 0.256 e. The molecule has 2 fully saturated rings. The summed E-state index contributed by atoms with van der Waals surface area (Å²) in [5, 5.41) is 3.17. The number of aromatic nitrogens is 2. The van der Waals surface area contributed by atoms with Crippen LogP contribution >= 0.6 is 0 Å². The lowest BCUT2D eigenvalue weighted by molar-refractivity contribution is 0.0696. The number of piperidine rings is 1. The Labute approximate surface area is 131 Å². The molecule has 22 heavy (non-hydrogen) atoms. The van der Waals surface area contributed by atoms with Gasteiger partial charge in [0.2, 0.25) is 5.95 Å². The number of rotatable bonds is 4. The van der Waals surface area contributed by atoms with Crippen molar-refractivity contribution in [3.05, 3.63) is 18.0 Å². The molecule has 3 heterocycles. The van der Waals surface area contributed by atoms with Crippen LogP contribution in [0.4, 0.5) is 5.95 Å².